The molecule has 0 aliphatic heterocycles. The van der Waals surface area contributed by atoms with E-state index in [-0.39, 0.29) is 17.2 Å². The minimum atomic E-state index is -3.39. The second-order valence-corrected chi connectivity index (χ2v) is 7.39. The summed E-state index contributed by atoms with van der Waals surface area (Å²) in [5.74, 6) is -0.0605. The summed E-state index contributed by atoms with van der Waals surface area (Å²) < 4.78 is 24.2. The van der Waals surface area contributed by atoms with E-state index in [4.69, 9.17) is 5.26 Å². The van der Waals surface area contributed by atoms with Crippen LogP contribution in [-0.2, 0) is 9.84 Å². The molecule has 1 rings (SSSR count). The van der Waals surface area contributed by atoms with Crippen LogP contribution < -0.4 is 5.32 Å². The van der Waals surface area contributed by atoms with E-state index in [9.17, 15) is 13.5 Å². The molecule has 0 fully saturated rings. The van der Waals surface area contributed by atoms with Gasteiger partial charge in [0.05, 0.1) is 28.4 Å². The number of hydrogen-bond donors (Lipinski definition) is 2. The van der Waals surface area contributed by atoms with Gasteiger partial charge in [-0.2, -0.15) is 5.26 Å². The molecule has 0 amide bonds. The first-order chi connectivity index (χ1) is 9.19. The molecule has 0 radical (unpaired) electrons. The Morgan fingerprint density at radius 3 is 2.35 bits per heavy atom. The van der Waals surface area contributed by atoms with Crippen LogP contribution >= 0.6 is 0 Å². The molecule has 110 valence electrons. The Bertz CT molecular complexity index is 584. The fourth-order valence-corrected chi connectivity index (χ4v) is 2.67. The highest BCUT2D eigenvalue weighted by atomic mass is 32.2. The van der Waals surface area contributed by atoms with Crippen LogP contribution in [0, 0.1) is 11.3 Å². The zero-order valence-electron chi connectivity index (χ0n) is 11.9. The molecule has 1 atom stereocenters. The average molecular weight is 296 g/mol. The lowest BCUT2D eigenvalue weighted by molar-refractivity contribution is 0.0983. The van der Waals surface area contributed by atoms with Crippen molar-refractivity contribution in [2.24, 2.45) is 0 Å². The lowest BCUT2D eigenvalue weighted by Gasteiger charge is -2.29. The zero-order valence-corrected chi connectivity index (χ0v) is 12.7. The third kappa shape index (κ3) is 4.30. The predicted molar refractivity (Wildman–Crippen MR) is 77.0 cm³/mol. The first kappa shape index (κ1) is 16.6. The van der Waals surface area contributed by atoms with Crippen molar-refractivity contribution in [1.29, 1.82) is 5.26 Å². The van der Waals surface area contributed by atoms with Crippen LogP contribution in [0.5, 0.6) is 0 Å². The molecule has 0 heterocycles. The topological polar surface area (TPSA) is 90.2 Å². The van der Waals surface area contributed by atoms with Gasteiger partial charge in [-0.1, -0.05) is 0 Å². The van der Waals surface area contributed by atoms with E-state index < -0.39 is 21.5 Å². The van der Waals surface area contributed by atoms with Gasteiger partial charge in [0.15, 0.2) is 9.84 Å². The van der Waals surface area contributed by atoms with Gasteiger partial charge in [-0.15, -0.1) is 0 Å². The molecule has 20 heavy (non-hydrogen) atoms. The molecule has 0 spiro atoms. The molecule has 0 bridgehead atoms. The number of hydrogen-bond acceptors (Lipinski definition) is 5. The van der Waals surface area contributed by atoms with Gasteiger partial charge in [0, 0.05) is 12.1 Å². The maximum absolute atomic E-state index is 12.1. The number of nitrogens with one attached hydrogen (secondary N) is 1. The van der Waals surface area contributed by atoms with E-state index in [0.29, 0.717) is 5.56 Å². The molecule has 1 unspecified atom stereocenters. The van der Waals surface area contributed by atoms with Crippen LogP contribution in [0.2, 0.25) is 0 Å². The molecule has 0 aliphatic carbocycles. The van der Waals surface area contributed by atoms with Crippen molar-refractivity contribution < 1.29 is 13.5 Å². The van der Waals surface area contributed by atoms with Gasteiger partial charge in [-0.05, 0) is 45.0 Å². The first-order valence-electron chi connectivity index (χ1n) is 6.35. The monoisotopic (exact) mass is 296 g/mol. The minimum Gasteiger partial charge on any atom is -0.392 e. The van der Waals surface area contributed by atoms with E-state index in [1.54, 1.807) is 6.92 Å². The molecule has 0 saturated heterocycles. The van der Waals surface area contributed by atoms with Gasteiger partial charge in [-0.3, -0.25) is 0 Å². The number of nitrogens with zero attached hydrogens (tertiary/aromatic N) is 1. The first-order valence-corrected chi connectivity index (χ1v) is 8.00. The highest BCUT2D eigenvalue weighted by Crippen LogP contribution is 2.13. The third-order valence-corrected chi connectivity index (χ3v) is 5.07. The fourth-order valence-electron chi connectivity index (χ4n) is 1.51. The van der Waals surface area contributed by atoms with Crippen molar-refractivity contribution >= 4 is 9.84 Å². The van der Waals surface area contributed by atoms with Crippen LogP contribution in [0.15, 0.2) is 29.2 Å². The molecule has 2 N–H and O–H groups in total. The van der Waals surface area contributed by atoms with Crippen LogP contribution in [0.1, 0.15) is 26.3 Å². The molecule has 0 saturated carbocycles. The number of rotatable bonds is 6. The Morgan fingerprint density at radius 2 is 1.90 bits per heavy atom. The summed E-state index contributed by atoms with van der Waals surface area (Å²) in [6, 6.07) is 7.79. The average Bonchev–Trinajstić information content (AvgIpc) is 2.38. The molecule has 1 aromatic rings. The van der Waals surface area contributed by atoms with Crippen LogP contribution in [0.4, 0.5) is 0 Å². The summed E-state index contributed by atoms with van der Waals surface area (Å²) in [7, 11) is -3.39. The van der Waals surface area contributed by atoms with E-state index in [0.717, 1.165) is 0 Å². The smallest absolute Gasteiger partial charge is 0.179 e. The van der Waals surface area contributed by atoms with Crippen LogP contribution in [-0.4, -0.2) is 37.5 Å². The Balaban J connectivity index is 2.69. The van der Waals surface area contributed by atoms with Crippen molar-refractivity contribution in [3.05, 3.63) is 29.8 Å². The van der Waals surface area contributed by atoms with Gasteiger partial charge in [0.1, 0.15) is 0 Å². The highest BCUT2D eigenvalue weighted by Gasteiger charge is 2.24. The van der Waals surface area contributed by atoms with E-state index in [1.165, 1.54) is 24.3 Å². The summed E-state index contributed by atoms with van der Waals surface area (Å²) in [6.07, 6.45) is -0.583. The molecule has 0 aliphatic rings. The van der Waals surface area contributed by atoms with Crippen LogP contribution in [0.3, 0.4) is 0 Å². The van der Waals surface area contributed by atoms with E-state index in [1.807, 2.05) is 19.9 Å². The molecule has 0 aromatic heterocycles. The standard InChI is InChI=1S/C14H20N2O3S/c1-11(17)14(2,3)16-8-9-20(18,19)13-6-4-12(10-15)5-7-13/h4-7,11,16-17H,8-9H2,1-3H3. The van der Waals surface area contributed by atoms with E-state index in [2.05, 4.69) is 5.32 Å². The summed E-state index contributed by atoms with van der Waals surface area (Å²) in [4.78, 5) is 0.202. The second-order valence-electron chi connectivity index (χ2n) is 5.28. The number of sulfone groups is 1. The Morgan fingerprint density at radius 1 is 1.35 bits per heavy atom. The summed E-state index contributed by atoms with van der Waals surface area (Å²) >= 11 is 0. The molecule has 1 aromatic carbocycles. The maximum atomic E-state index is 12.1. The zero-order chi connectivity index (χ0) is 15.4. The summed E-state index contributed by atoms with van der Waals surface area (Å²) in [5.41, 5.74) is -0.113. The fraction of sp³-hybridized carbons (Fsp3) is 0.500. The lowest BCUT2D eigenvalue weighted by Crippen LogP contribution is -2.49. The van der Waals surface area contributed by atoms with Crippen molar-refractivity contribution in [2.45, 2.75) is 37.3 Å². The number of nitriles is 1. The highest BCUT2D eigenvalue weighted by molar-refractivity contribution is 7.91. The maximum Gasteiger partial charge on any atom is 0.179 e. The summed E-state index contributed by atoms with van der Waals surface area (Å²) in [6.45, 7) is 5.53. The van der Waals surface area contributed by atoms with E-state index >= 15 is 0 Å². The van der Waals surface area contributed by atoms with Gasteiger partial charge in [0.25, 0.3) is 0 Å². The summed E-state index contributed by atoms with van der Waals surface area (Å²) in [5, 5.41) is 21.2. The van der Waals surface area contributed by atoms with Crippen molar-refractivity contribution in [1.82, 2.24) is 5.32 Å². The van der Waals surface area contributed by atoms with Gasteiger partial charge < -0.3 is 10.4 Å². The van der Waals surface area contributed by atoms with Crippen LogP contribution in [0.25, 0.3) is 0 Å². The SMILES string of the molecule is CC(O)C(C)(C)NCCS(=O)(=O)c1ccc(C#N)cc1. The lowest BCUT2D eigenvalue weighted by atomic mass is 9.99. The number of aliphatic hydroxyl groups excluding tert-OH is 1. The quantitative estimate of drug-likeness (QED) is 0.820. The largest absolute Gasteiger partial charge is 0.392 e. The molecule has 6 heteroatoms. The number of aliphatic hydroxyl groups is 1. The van der Waals surface area contributed by atoms with Gasteiger partial charge >= 0.3 is 0 Å². The second kappa shape index (κ2) is 6.35. The molecule has 5 nitrogen and oxygen atoms in total. The predicted octanol–water partition coefficient (Wildman–Crippen LogP) is 1.08. The van der Waals surface area contributed by atoms with Crippen molar-refractivity contribution in [3.8, 4) is 6.07 Å². The normalized spacial score (nSPS) is 13.8. The Hall–Kier alpha value is -1.42. The minimum absolute atomic E-state index is 0.0605. The van der Waals surface area contributed by atoms with Gasteiger partial charge in [0.2, 0.25) is 0 Å². The van der Waals surface area contributed by atoms with Crippen molar-refractivity contribution in [2.75, 3.05) is 12.3 Å². The van der Waals surface area contributed by atoms with Crippen molar-refractivity contribution in [3.63, 3.8) is 0 Å². The molecular weight excluding hydrogens is 276 g/mol. The Kier molecular flexibility index (Phi) is 5.28. The Labute approximate surface area is 120 Å². The number of benzene rings is 1. The molecular formula is C14H20N2O3S. The van der Waals surface area contributed by atoms with Gasteiger partial charge in [-0.25, -0.2) is 8.42 Å². The third-order valence-electron chi connectivity index (χ3n) is 3.34.